The highest BCUT2D eigenvalue weighted by atomic mass is 14.7. The molecule has 22 heavy (non-hydrogen) atoms. The van der Waals surface area contributed by atoms with E-state index >= 15 is 0 Å². The van der Waals surface area contributed by atoms with Crippen molar-refractivity contribution in [3.05, 3.63) is 12.2 Å². The molecule has 132 valence electrons. The fourth-order valence-corrected chi connectivity index (χ4v) is 2.15. The van der Waals surface area contributed by atoms with Crippen molar-refractivity contribution in [3.8, 4) is 0 Å². The van der Waals surface area contributed by atoms with Crippen LogP contribution in [0.1, 0.15) is 93.9 Å². The molecule has 0 aromatic carbocycles. The van der Waals surface area contributed by atoms with Crippen LogP contribution < -0.4 is 11.5 Å². The van der Waals surface area contributed by atoms with Crippen molar-refractivity contribution < 1.29 is 0 Å². The largest absolute Gasteiger partial charge is 0.325 e. The Hall–Kier alpha value is -0.340. The van der Waals surface area contributed by atoms with E-state index < -0.39 is 0 Å². The van der Waals surface area contributed by atoms with Gasteiger partial charge in [0.2, 0.25) is 0 Å². The van der Waals surface area contributed by atoms with Crippen molar-refractivity contribution >= 4 is 0 Å². The molecule has 2 unspecified atom stereocenters. The van der Waals surface area contributed by atoms with Gasteiger partial charge in [0.1, 0.15) is 0 Å². The lowest BCUT2D eigenvalue weighted by Gasteiger charge is -2.31. The third-order valence-electron chi connectivity index (χ3n) is 5.36. The van der Waals surface area contributed by atoms with E-state index in [1.807, 2.05) is 0 Å². The van der Waals surface area contributed by atoms with Crippen molar-refractivity contribution in [2.24, 2.45) is 22.3 Å². The summed E-state index contributed by atoms with van der Waals surface area (Å²) in [5, 5.41) is 0. The molecule has 0 heterocycles. The molecule has 4 N–H and O–H groups in total. The third kappa shape index (κ3) is 9.63. The molecule has 0 rings (SSSR count). The molecule has 0 aliphatic carbocycles. The molecular formula is C20H42N2. The Morgan fingerprint density at radius 1 is 0.682 bits per heavy atom. The predicted molar refractivity (Wildman–Crippen MR) is 101 cm³/mol. The number of rotatable bonds is 10. The normalized spacial score (nSPS) is 19.2. The molecule has 0 saturated carbocycles. The molecule has 0 aromatic heterocycles. The minimum Gasteiger partial charge on any atom is -0.325 e. The quantitative estimate of drug-likeness (QED) is 0.530. The maximum atomic E-state index is 6.48. The first-order valence-electron chi connectivity index (χ1n) is 9.02. The van der Waals surface area contributed by atoms with Gasteiger partial charge in [-0.2, -0.15) is 0 Å². The van der Waals surface area contributed by atoms with E-state index in [4.69, 9.17) is 11.5 Å². The van der Waals surface area contributed by atoms with Crippen molar-refractivity contribution in [3.63, 3.8) is 0 Å². The summed E-state index contributed by atoms with van der Waals surface area (Å²) in [4.78, 5) is 0. The highest BCUT2D eigenvalue weighted by Gasteiger charge is 2.24. The Morgan fingerprint density at radius 3 is 1.68 bits per heavy atom. The summed E-state index contributed by atoms with van der Waals surface area (Å²) >= 11 is 0. The Balaban J connectivity index is 4.58. The van der Waals surface area contributed by atoms with E-state index in [-0.39, 0.29) is 16.5 Å². The number of hydrogen-bond donors (Lipinski definition) is 2. The van der Waals surface area contributed by atoms with E-state index in [2.05, 4.69) is 67.5 Å². The zero-order valence-corrected chi connectivity index (χ0v) is 16.6. The first kappa shape index (κ1) is 21.7. The van der Waals surface area contributed by atoms with Crippen molar-refractivity contribution in [1.29, 1.82) is 0 Å². The second-order valence-corrected chi connectivity index (χ2v) is 9.35. The summed E-state index contributed by atoms with van der Waals surface area (Å²) < 4.78 is 0. The Kier molecular flexibility index (Phi) is 7.84. The van der Waals surface area contributed by atoms with E-state index in [0.29, 0.717) is 5.41 Å². The van der Waals surface area contributed by atoms with Gasteiger partial charge in [0.15, 0.2) is 0 Å². The van der Waals surface area contributed by atoms with Gasteiger partial charge in [0, 0.05) is 11.1 Å². The zero-order valence-electron chi connectivity index (χ0n) is 16.6. The van der Waals surface area contributed by atoms with Crippen LogP contribution in [0.15, 0.2) is 12.2 Å². The van der Waals surface area contributed by atoms with Crippen LogP contribution >= 0.6 is 0 Å². The molecule has 0 radical (unpaired) electrons. The molecule has 0 aromatic rings. The van der Waals surface area contributed by atoms with E-state index in [1.165, 1.54) is 6.42 Å². The number of allylic oxidation sites excluding steroid dienone is 1. The van der Waals surface area contributed by atoms with Gasteiger partial charge in [-0.3, -0.25) is 0 Å². The van der Waals surface area contributed by atoms with Crippen LogP contribution in [0.25, 0.3) is 0 Å². The first-order valence-corrected chi connectivity index (χ1v) is 9.02. The van der Waals surface area contributed by atoms with Crippen LogP contribution in [0, 0.1) is 10.8 Å². The molecule has 0 amide bonds. The summed E-state index contributed by atoms with van der Waals surface area (Å²) in [6, 6.07) is 0. The molecule has 0 saturated heterocycles. The molecule has 2 heteroatoms. The van der Waals surface area contributed by atoms with Crippen LogP contribution in [0.2, 0.25) is 0 Å². The maximum Gasteiger partial charge on any atom is 0.0310 e. The molecule has 2 nitrogen and oxygen atoms in total. The Bertz CT molecular complexity index is 315. The van der Waals surface area contributed by atoms with Gasteiger partial charge in [-0.05, 0) is 56.8 Å². The van der Waals surface area contributed by atoms with E-state index in [1.54, 1.807) is 0 Å². The second-order valence-electron chi connectivity index (χ2n) is 9.35. The fourth-order valence-electron chi connectivity index (χ4n) is 2.15. The van der Waals surface area contributed by atoms with E-state index in [0.717, 1.165) is 32.1 Å². The fraction of sp³-hybridized carbons (Fsp3) is 0.900. The minimum atomic E-state index is -0.222. The summed E-state index contributed by atoms with van der Waals surface area (Å²) in [6.07, 6.45) is 11.1. The van der Waals surface area contributed by atoms with Crippen LogP contribution in [0.3, 0.4) is 0 Å². The van der Waals surface area contributed by atoms with Gasteiger partial charge in [-0.15, -0.1) is 0 Å². The SMILES string of the molecule is CCC(C)(C)CCC(C)(N)/C=C/C(C)(C)CCC(C)(N)CC. The second kappa shape index (κ2) is 7.97. The van der Waals surface area contributed by atoms with Crippen LogP contribution in [0.4, 0.5) is 0 Å². The van der Waals surface area contributed by atoms with Crippen LogP contribution in [0.5, 0.6) is 0 Å². The van der Waals surface area contributed by atoms with Crippen molar-refractivity contribution in [1.82, 2.24) is 0 Å². The molecular weight excluding hydrogens is 268 g/mol. The monoisotopic (exact) mass is 310 g/mol. The Morgan fingerprint density at radius 2 is 1.23 bits per heavy atom. The minimum absolute atomic E-state index is 0.0533. The van der Waals surface area contributed by atoms with Crippen LogP contribution in [-0.4, -0.2) is 11.1 Å². The first-order chi connectivity index (χ1) is 9.74. The molecule has 2 atom stereocenters. The van der Waals surface area contributed by atoms with Gasteiger partial charge < -0.3 is 11.5 Å². The average Bonchev–Trinajstić information content (AvgIpc) is 2.42. The summed E-state index contributed by atoms with van der Waals surface area (Å²) in [5.74, 6) is 0. The molecule has 0 fully saturated rings. The number of nitrogens with two attached hydrogens (primary N) is 2. The number of hydrogen-bond acceptors (Lipinski definition) is 2. The average molecular weight is 311 g/mol. The summed E-state index contributed by atoms with van der Waals surface area (Å²) in [7, 11) is 0. The predicted octanol–water partition coefficient (Wildman–Crippen LogP) is 5.41. The molecule has 0 aliphatic rings. The smallest absolute Gasteiger partial charge is 0.0310 e. The molecule has 0 aliphatic heterocycles. The van der Waals surface area contributed by atoms with Gasteiger partial charge >= 0.3 is 0 Å². The molecule has 0 spiro atoms. The maximum absolute atomic E-state index is 6.48. The van der Waals surface area contributed by atoms with Gasteiger partial charge in [-0.1, -0.05) is 60.1 Å². The third-order valence-corrected chi connectivity index (χ3v) is 5.36. The van der Waals surface area contributed by atoms with E-state index in [9.17, 15) is 0 Å². The highest BCUT2D eigenvalue weighted by Crippen LogP contribution is 2.32. The zero-order chi connectivity index (χ0) is 17.7. The molecule has 0 bridgehead atoms. The van der Waals surface area contributed by atoms with Gasteiger partial charge in [0.05, 0.1) is 0 Å². The lowest BCUT2D eigenvalue weighted by Crippen LogP contribution is -2.37. The van der Waals surface area contributed by atoms with Gasteiger partial charge in [0.25, 0.3) is 0 Å². The highest BCUT2D eigenvalue weighted by molar-refractivity contribution is 5.07. The van der Waals surface area contributed by atoms with Gasteiger partial charge in [-0.25, -0.2) is 0 Å². The standard InChI is InChI=1S/C20H42N2/c1-9-17(3,4)11-15-20(8,22)16-13-18(5,6)12-14-19(7,21)10-2/h13,16H,9-12,14-15,21-22H2,1-8H3/b16-13+. The van der Waals surface area contributed by atoms with Crippen molar-refractivity contribution in [2.75, 3.05) is 0 Å². The lowest BCUT2D eigenvalue weighted by atomic mass is 9.78. The Labute approximate surface area is 140 Å². The topological polar surface area (TPSA) is 52.0 Å². The summed E-state index contributed by atoms with van der Waals surface area (Å²) in [5.41, 5.74) is 13.0. The lowest BCUT2D eigenvalue weighted by molar-refractivity contribution is 0.286. The van der Waals surface area contributed by atoms with Crippen molar-refractivity contribution in [2.45, 2.75) is 105 Å². The van der Waals surface area contributed by atoms with Crippen LogP contribution in [-0.2, 0) is 0 Å². The summed E-state index contributed by atoms with van der Waals surface area (Å²) in [6.45, 7) is 17.9.